The lowest BCUT2D eigenvalue weighted by Gasteiger charge is -2.26. The smallest absolute Gasteiger partial charge is 0.323 e. The minimum atomic E-state index is -0.978. The second-order valence-electron chi connectivity index (χ2n) is 5.14. The molecule has 0 unspecified atom stereocenters. The van der Waals surface area contributed by atoms with Crippen molar-refractivity contribution in [2.24, 2.45) is 5.92 Å². The van der Waals surface area contributed by atoms with Gasteiger partial charge in [0.1, 0.15) is 6.54 Å². The summed E-state index contributed by atoms with van der Waals surface area (Å²) < 4.78 is 0. The van der Waals surface area contributed by atoms with E-state index >= 15 is 0 Å². The molecule has 0 aliphatic rings. The van der Waals surface area contributed by atoms with Crippen LogP contribution in [0.2, 0.25) is 0 Å². The molecule has 1 amide bonds. The minimum Gasteiger partial charge on any atom is -0.480 e. The molecule has 104 valence electrons. The predicted octanol–water partition coefficient (Wildman–Crippen LogP) is 2.36. The van der Waals surface area contributed by atoms with Crippen molar-refractivity contribution in [3.63, 3.8) is 0 Å². The van der Waals surface area contributed by atoms with Crippen molar-refractivity contribution in [3.05, 3.63) is 35.9 Å². The molecule has 0 fully saturated rings. The molecule has 0 saturated heterocycles. The van der Waals surface area contributed by atoms with Crippen molar-refractivity contribution in [2.45, 2.75) is 26.7 Å². The van der Waals surface area contributed by atoms with Gasteiger partial charge in [-0.2, -0.15) is 0 Å². The van der Waals surface area contributed by atoms with Crippen LogP contribution < -0.4 is 0 Å². The molecule has 0 saturated carbocycles. The number of aliphatic carboxylic acids is 1. The van der Waals surface area contributed by atoms with Crippen LogP contribution in [-0.4, -0.2) is 35.0 Å². The average molecular weight is 263 g/mol. The third-order valence-electron chi connectivity index (χ3n) is 2.89. The average Bonchev–Trinajstić information content (AvgIpc) is 2.36. The Hall–Kier alpha value is -1.84. The molecule has 0 aromatic heterocycles. The summed E-state index contributed by atoms with van der Waals surface area (Å²) in [5.74, 6) is -1.19. The second-order valence-corrected chi connectivity index (χ2v) is 5.14. The van der Waals surface area contributed by atoms with Gasteiger partial charge in [-0.25, -0.2) is 0 Å². The van der Waals surface area contributed by atoms with Crippen LogP contribution in [0.5, 0.6) is 0 Å². The number of amides is 1. The maximum absolute atomic E-state index is 12.4. The molecule has 0 radical (unpaired) electrons. The lowest BCUT2D eigenvalue weighted by Crippen LogP contribution is -2.40. The van der Waals surface area contributed by atoms with E-state index in [0.29, 0.717) is 6.54 Å². The maximum Gasteiger partial charge on any atom is 0.323 e. The molecule has 4 nitrogen and oxygen atoms in total. The Morgan fingerprint density at radius 2 is 1.74 bits per heavy atom. The van der Waals surface area contributed by atoms with Crippen molar-refractivity contribution in [1.29, 1.82) is 0 Å². The van der Waals surface area contributed by atoms with Crippen molar-refractivity contribution in [1.82, 2.24) is 4.90 Å². The van der Waals surface area contributed by atoms with E-state index in [2.05, 4.69) is 0 Å². The van der Waals surface area contributed by atoms with E-state index in [1.54, 1.807) is 0 Å². The van der Waals surface area contributed by atoms with E-state index in [1.807, 2.05) is 51.1 Å². The van der Waals surface area contributed by atoms with Gasteiger partial charge < -0.3 is 10.0 Å². The van der Waals surface area contributed by atoms with E-state index in [-0.39, 0.29) is 24.3 Å². The topological polar surface area (TPSA) is 57.6 Å². The first-order valence-electron chi connectivity index (χ1n) is 6.47. The fourth-order valence-electron chi connectivity index (χ4n) is 1.99. The lowest BCUT2D eigenvalue weighted by molar-refractivity contribution is -0.145. The fourth-order valence-corrected chi connectivity index (χ4v) is 1.99. The molecular formula is C15H21NO3. The van der Waals surface area contributed by atoms with Gasteiger partial charge in [0.2, 0.25) is 5.91 Å². The minimum absolute atomic E-state index is 0.137. The van der Waals surface area contributed by atoms with Gasteiger partial charge in [-0.3, -0.25) is 9.59 Å². The second kappa shape index (κ2) is 6.92. The first-order valence-corrected chi connectivity index (χ1v) is 6.47. The van der Waals surface area contributed by atoms with E-state index in [4.69, 9.17) is 5.11 Å². The standard InChI is InChI=1S/C15H21NO3/c1-11(2)9-16(10-14(17)18)15(19)12(3)13-7-5-4-6-8-13/h4-8,11-12H,9-10H2,1-3H3,(H,17,18)/t12-/m0/s1. The molecule has 0 heterocycles. The van der Waals surface area contributed by atoms with Crippen LogP contribution in [-0.2, 0) is 9.59 Å². The van der Waals surface area contributed by atoms with Crippen LogP contribution in [0, 0.1) is 5.92 Å². The van der Waals surface area contributed by atoms with Crippen molar-refractivity contribution in [3.8, 4) is 0 Å². The van der Waals surface area contributed by atoms with Crippen molar-refractivity contribution < 1.29 is 14.7 Å². The molecule has 4 heteroatoms. The van der Waals surface area contributed by atoms with Gasteiger partial charge in [0.15, 0.2) is 0 Å². The summed E-state index contributed by atoms with van der Waals surface area (Å²) in [5, 5.41) is 8.90. The van der Waals surface area contributed by atoms with Gasteiger partial charge in [-0.05, 0) is 18.4 Å². The Morgan fingerprint density at radius 1 is 1.16 bits per heavy atom. The van der Waals surface area contributed by atoms with Gasteiger partial charge in [-0.1, -0.05) is 44.2 Å². The quantitative estimate of drug-likeness (QED) is 0.857. The third-order valence-corrected chi connectivity index (χ3v) is 2.89. The van der Waals surface area contributed by atoms with Crippen LogP contribution in [0.4, 0.5) is 0 Å². The first-order chi connectivity index (χ1) is 8.91. The van der Waals surface area contributed by atoms with E-state index in [1.165, 1.54) is 4.90 Å². The molecule has 0 aliphatic heterocycles. The molecule has 1 atom stereocenters. The van der Waals surface area contributed by atoms with Gasteiger partial charge >= 0.3 is 5.97 Å². The summed E-state index contributed by atoms with van der Waals surface area (Å²) in [5.41, 5.74) is 0.909. The highest BCUT2D eigenvalue weighted by molar-refractivity contribution is 5.86. The van der Waals surface area contributed by atoms with Crippen LogP contribution >= 0.6 is 0 Å². The van der Waals surface area contributed by atoms with Gasteiger partial charge in [0.25, 0.3) is 0 Å². The molecule has 1 N–H and O–H groups in total. The van der Waals surface area contributed by atoms with Crippen molar-refractivity contribution in [2.75, 3.05) is 13.1 Å². The molecular weight excluding hydrogens is 242 g/mol. The number of benzene rings is 1. The lowest BCUT2D eigenvalue weighted by atomic mass is 9.99. The molecule has 1 rings (SSSR count). The third kappa shape index (κ3) is 4.73. The fraction of sp³-hybridized carbons (Fsp3) is 0.467. The Balaban J connectivity index is 2.83. The van der Waals surface area contributed by atoms with Gasteiger partial charge in [-0.15, -0.1) is 0 Å². The zero-order chi connectivity index (χ0) is 14.4. The summed E-state index contributed by atoms with van der Waals surface area (Å²) in [4.78, 5) is 24.7. The van der Waals surface area contributed by atoms with Crippen LogP contribution in [0.3, 0.4) is 0 Å². The number of carboxylic acids is 1. The number of carbonyl (C=O) groups excluding carboxylic acids is 1. The van der Waals surface area contributed by atoms with E-state index < -0.39 is 5.97 Å². The molecule has 1 aromatic carbocycles. The monoisotopic (exact) mass is 263 g/mol. The number of nitrogens with zero attached hydrogens (tertiary/aromatic N) is 1. The highest BCUT2D eigenvalue weighted by atomic mass is 16.4. The Morgan fingerprint density at radius 3 is 2.21 bits per heavy atom. The van der Waals surface area contributed by atoms with Gasteiger partial charge in [0, 0.05) is 6.54 Å². The predicted molar refractivity (Wildman–Crippen MR) is 73.9 cm³/mol. The Kier molecular flexibility index (Phi) is 5.55. The number of hydrogen-bond donors (Lipinski definition) is 1. The summed E-state index contributed by atoms with van der Waals surface area (Å²) in [6, 6.07) is 9.42. The van der Waals surface area contributed by atoms with Gasteiger partial charge in [0.05, 0.1) is 5.92 Å². The van der Waals surface area contributed by atoms with Crippen molar-refractivity contribution >= 4 is 11.9 Å². The molecule has 1 aromatic rings. The molecule has 0 spiro atoms. The molecule has 19 heavy (non-hydrogen) atoms. The summed E-state index contributed by atoms with van der Waals surface area (Å²) in [6.07, 6.45) is 0. The van der Waals surface area contributed by atoms with Crippen LogP contribution in [0.1, 0.15) is 32.3 Å². The Bertz CT molecular complexity index is 428. The first kappa shape index (κ1) is 15.2. The molecule has 0 bridgehead atoms. The number of carbonyl (C=O) groups is 2. The zero-order valence-corrected chi connectivity index (χ0v) is 11.7. The normalized spacial score (nSPS) is 12.2. The van der Waals surface area contributed by atoms with E-state index in [9.17, 15) is 9.59 Å². The summed E-state index contributed by atoms with van der Waals surface area (Å²) in [7, 11) is 0. The number of hydrogen-bond acceptors (Lipinski definition) is 2. The van der Waals surface area contributed by atoms with Crippen LogP contribution in [0.15, 0.2) is 30.3 Å². The highest BCUT2D eigenvalue weighted by Gasteiger charge is 2.24. The van der Waals surface area contributed by atoms with Crippen LogP contribution in [0.25, 0.3) is 0 Å². The Labute approximate surface area is 114 Å². The highest BCUT2D eigenvalue weighted by Crippen LogP contribution is 2.18. The number of carboxylic acid groups (broad SMARTS) is 1. The number of rotatable bonds is 6. The summed E-state index contributed by atoms with van der Waals surface area (Å²) in [6.45, 7) is 5.97. The summed E-state index contributed by atoms with van der Waals surface area (Å²) >= 11 is 0. The SMILES string of the molecule is CC(C)CN(CC(=O)O)C(=O)[C@@H](C)c1ccccc1. The zero-order valence-electron chi connectivity index (χ0n) is 11.7. The molecule has 0 aliphatic carbocycles. The van der Waals surface area contributed by atoms with E-state index in [0.717, 1.165) is 5.56 Å². The maximum atomic E-state index is 12.4. The largest absolute Gasteiger partial charge is 0.480 e.